The molecule has 0 radical (unpaired) electrons. The minimum atomic E-state index is 0.0884. The van der Waals surface area contributed by atoms with Crippen molar-refractivity contribution in [3.63, 3.8) is 0 Å². The van der Waals surface area contributed by atoms with Crippen molar-refractivity contribution in [3.8, 4) is 0 Å². The molecule has 29 heavy (non-hydrogen) atoms. The zero-order chi connectivity index (χ0) is 21.6. The molecule has 1 N–H and O–H groups in total. The van der Waals surface area contributed by atoms with Crippen LogP contribution in [0.4, 0.5) is 0 Å². The first-order valence-electron chi connectivity index (χ1n) is 12.6. The molecule has 1 unspecified atom stereocenters. The van der Waals surface area contributed by atoms with Crippen LogP contribution in [0.3, 0.4) is 0 Å². The molecule has 0 aromatic heterocycles. The van der Waals surface area contributed by atoms with Crippen molar-refractivity contribution in [2.45, 2.75) is 123 Å². The molecule has 0 aromatic rings. The molecule has 0 spiro atoms. The second-order valence-electron chi connectivity index (χ2n) is 9.01. The van der Waals surface area contributed by atoms with Crippen LogP contribution in [0.2, 0.25) is 0 Å². The highest BCUT2D eigenvalue weighted by Gasteiger charge is 2.04. The average molecular weight is 413 g/mol. The number of nitrogens with one attached hydrogen (secondary N) is 1. The van der Waals surface area contributed by atoms with E-state index in [0.717, 1.165) is 19.4 Å². The number of carbonyl (C=O) groups excluding carboxylic acids is 1. The van der Waals surface area contributed by atoms with Gasteiger partial charge in [0.1, 0.15) is 0 Å². The van der Waals surface area contributed by atoms with E-state index >= 15 is 0 Å². The first-order chi connectivity index (χ1) is 14.1. The standard InChI is InChI=1S/C25H52N2O2/c1-5-6-7-8-9-10-11-12-13-14-15-16-17-18-20-24(2)29-22-19-21-26-25(28)23-27(3)4/h24H,5-23H2,1-4H3,(H,26,28). The summed E-state index contributed by atoms with van der Waals surface area (Å²) in [6, 6.07) is 0. The lowest BCUT2D eigenvalue weighted by molar-refractivity contribution is -0.121. The van der Waals surface area contributed by atoms with E-state index in [1.54, 1.807) is 0 Å². The predicted molar refractivity (Wildman–Crippen MR) is 127 cm³/mol. The van der Waals surface area contributed by atoms with Crippen molar-refractivity contribution in [1.29, 1.82) is 0 Å². The van der Waals surface area contributed by atoms with Crippen LogP contribution < -0.4 is 5.32 Å². The summed E-state index contributed by atoms with van der Waals surface area (Å²) < 4.78 is 5.86. The summed E-state index contributed by atoms with van der Waals surface area (Å²) >= 11 is 0. The highest BCUT2D eigenvalue weighted by Crippen LogP contribution is 2.14. The molecule has 1 atom stereocenters. The molecule has 4 nitrogen and oxygen atoms in total. The van der Waals surface area contributed by atoms with Gasteiger partial charge in [-0.3, -0.25) is 4.79 Å². The van der Waals surface area contributed by atoms with Gasteiger partial charge in [0.15, 0.2) is 0 Å². The van der Waals surface area contributed by atoms with E-state index in [1.165, 1.54) is 89.9 Å². The van der Waals surface area contributed by atoms with Crippen LogP contribution in [0.15, 0.2) is 0 Å². The van der Waals surface area contributed by atoms with Crippen LogP contribution in [0.1, 0.15) is 117 Å². The van der Waals surface area contributed by atoms with Crippen LogP contribution in [0, 0.1) is 0 Å². The van der Waals surface area contributed by atoms with E-state index < -0.39 is 0 Å². The van der Waals surface area contributed by atoms with Crippen LogP contribution in [0.25, 0.3) is 0 Å². The third-order valence-electron chi connectivity index (χ3n) is 5.47. The zero-order valence-electron chi connectivity index (χ0n) is 20.3. The number of ether oxygens (including phenoxy) is 1. The lowest BCUT2D eigenvalue weighted by Crippen LogP contribution is -2.34. The second-order valence-corrected chi connectivity index (χ2v) is 9.01. The molecular formula is C25H52N2O2. The Morgan fingerprint density at radius 1 is 0.793 bits per heavy atom. The van der Waals surface area contributed by atoms with Crippen molar-refractivity contribution in [2.24, 2.45) is 0 Å². The lowest BCUT2D eigenvalue weighted by atomic mass is 10.0. The first-order valence-corrected chi connectivity index (χ1v) is 12.6. The van der Waals surface area contributed by atoms with E-state index in [-0.39, 0.29) is 5.91 Å². The Balaban J connectivity index is 3.22. The van der Waals surface area contributed by atoms with Gasteiger partial charge in [0.2, 0.25) is 5.91 Å². The summed E-state index contributed by atoms with van der Waals surface area (Å²) in [5.74, 6) is 0.0884. The van der Waals surface area contributed by atoms with Crippen LogP contribution in [0.5, 0.6) is 0 Å². The SMILES string of the molecule is CCCCCCCCCCCCCCCCC(C)OCCCNC(=O)CN(C)C. The van der Waals surface area contributed by atoms with Gasteiger partial charge in [-0.2, -0.15) is 0 Å². The Morgan fingerprint density at radius 2 is 1.28 bits per heavy atom. The molecule has 0 fully saturated rings. The fourth-order valence-corrected chi connectivity index (χ4v) is 3.64. The number of nitrogens with zero attached hydrogens (tertiary/aromatic N) is 1. The summed E-state index contributed by atoms with van der Waals surface area (Å²) in [7, 11) is 3.81. The minimum Gasteiger partial charge on any atom is -0.378 e. The smallest absolute Gasteiger partial charge is 0.234 e. The van der Waals surface area contributed by atoms with Crippen LogP contribution in [-0.4, -0.2) is 50.7 Å². The normalized spacial score (nSPS) is 12.4. The zero-order valence-corrected chi connectivity index (χ0v) is 20.3. The number of hydrogen-bond donors (Lipinski definition) is 1. The molecule has 0 saturated heterocycles. The molecule has 0 aliphatic rings. The molecule has 0 rings (SSSR count). The topological polar surface area (TPSA) is 41.6 Å². The summed E-state index contributed by atoms with van der Waals surface area (Å²) in [5.41, 5.74) is 0. The Morgan fingerprint density at radius 3 is 1.76 bits per heavy atom. The van der Waals surface area contributed by atoms with Gasteiger partial charge < -0.3 is 15.0 Å². The van der Waals surface area contributed by atoms with Gasteiger partial charge in [0.05, 0.1) is 12.6 Å². The summed E-state index contributed by atoms with van der Waals surface area (Å²) in [4.78, 5) is 13.4. The van der Waals surface area contributed by atoms with Crippen LogP contribution in [-0.2, 0) is 9.53 Å². The molecule has 4 heteroatoms. The van der Waals surface area contributed by atoms with Gasteiger partial charge in [0, 0.05) is 13.2 Å². The Kier molecular flexibility index (Phi) is 21.6. The number of rotatable bonds is 22. The molecule has 0 heterocycles. The Hall–Kier alpha value is -0.610. The third kappa shape index (κ3) is 23.5. The number of carbonyl (C=O) groups is 1. The fraction of sp³-hybridized carbons (Fsp3) is 0.960. The molecular weight excluding hydrogens is 360 g/mol. The van der Waals surface area contributed by atoms with E-state index in [2.05, 4.69) is 19.2 Å². The molecule has 174 valence electrons. The molecule has 0 aliphatic carbocycles. The van der Waals surface area contributed by atoms with E-state index in [9.17, 15) is 4.79 Å². The average Bonchev–Trinajstić information content (AvgIpc) is 2.67. The van der Waals surface area contributed by atoms with Gasteiger partial charge in [0.25, 0.3) is 0 Å². The van der Waals surface area contributed by atoms with Gasteiger partial charge >= 0.3 is 0 Å². The second kappa shape index (κ2) is 22.1. The van der Waals surface area contributed by atoms with Crippen LogP contribution >= 0.6 is 0 Å². The van der Waals surface area contributed by atoms with E-state index in [1.807, 2.05) is 19.0 Å². The number of amides is 1. The largest absolute Gasteiger partial charge is 0.378 e. The maximum Gasteiger partial charge on any atom is 0.234 e. The summed E-state index contributed by atoms with van der Waals surface area (Å²) in [6.07, 6.45) is 22.1. The molecule has 0 saturated carbocycles. The number of hydrogen-bond acceptors (Lipinski definition) is 3. The highest BCUT2D eigenvalue weighted by molar-refractivity contribution is 5.77. The Bertz CT molecular complexity index is 348. The third-order valence-corrected chi connectivity index (χ3v) is 5.47. The lowest BCUT2D eigenvalue weighted by Gasteiger charge is -2.14. The number of unbranched alkanes of at least 4 members (excludes halogenated alkanes) is 13. The quantitative estimate of drug-likeness (QED) is 0.211. The minimum absolute atomic E-state index is 0.0884. The molecule has 0 bridgehead atoms. The summed E-state index contributed by atoms with van der Waals surface area (Å²) in [5, 5.41) is 2.92. The maximum absolute atomic E-state index is 11.5. The predicted octanol–water partition coefficient (Wildman–Crippen LogP) is 6.33. The summed E-state index contributed by atoms with van der Waals surface area (Å²) in [6.45, 7) is 6.36. The molecule has 1 amide bonds. The van der Waals surface area contributed by atoms with E-state index in [4.69, 9.17) is 4.74 Å². The van der Waals surface area contributed by atoms with Crippen molar-refractivity contribution in [3.05, 3.63) is 0 Å². The number of likely N-dealkylation sites (N-methyl/N-ethyl adjacent to an activating group) is 1. The first kappa shape index (κ1) is 28.4. The highest BCUT2D eigenvalue weighted by atomic mass is 16.5. The Labute approximate surface area is 182 Å². The molecule has 0 aliphatic heterocycles. The van der Waals surface area contributed by atoms with Crippen molar-refractivity contribution in [2.75, 3.05) is 33.8 Å². The fourth-order valence-electron chi connectivity index (χ4n) is 3.64. The van der Waals surface area contributed by atoms with Gasteiger partial charge in [-0.25, -0.2) is 0 Å². The van der Waals surface area contributed by atoms with E-state index in [0.29, 0.717) is 19.2 Å². The van der Waals surface area contributed by atoms with Crippen molar-refractivity contribution >= 4 is 5.91 Å². The van der Waals surface area contributed by atoms with Gasteiger partial charge in [-0.05, 0) is 33.9 Å². The van der Waals surface area contributed by atoms with Crippen molar-refractivity contribution in [1.82, 2.24) is 10.2 Å². The maximum atomic E-state index is 11.5. The monoisotopic (exact) mass is 412 g/mol. The molecule has 0 aromatic carbocycles. The van der Waals surface area contributed by atoms with Gasteiger partial charge in [-0.1, -0.05) is 96.8 Å². The van der Waals surface area contributed by atoms with Crippen molar-refractivity contribution < 1.29 is 9.53 Å². The van der Waals surface area contributed by atoms with Gasteiger partial charge in [-0.15, -0.1) is 0 Å².